The van der Waals surface area contributed by atoms with Crippen molar-refractivity contribution in [3.8, 4) is 5.75 Å². The van der Waals surface area contributed by atoms with Gasteiger partial charge in [-0.05, 0) is 49.6 Å². The summed E-state index contributed by atoms with van der Waals surface area (Å²) in [5.41, 5.74) is 1.89. The van der Waals surface area contributed by atoms with E-state index >= 15 is 0 Å². The standard InChI is InChI=1S/C16H17NO2/c1-13(18)15-6-2-3-7-16(15)19-12-4-5-14-8-10-17-11-9-14/h2-3,6-11H,4-5,12H2,1H3. The average Bonchev–Trinajstić information content (AvgIpc) is 2.45. The summed E-state index contributed by atoms with van der Waals surface area (Å²) in [6.45, 7) is 2.16. The number of hydrogen-bond donors (Lipinski definition) is 0. The number of para-hydroxylation sites is 1. The topological polar surface area (TPSA) is 39.2 Å². The van der Waals surface area contributed by atoms with Gasteiger partial charge in [-0.15, -0.1) is 0 Å². The van der Waals surface area contributed by atoms with Gasteiger partial charge in [-0.1, -0.05) is 12.1 Å². The van der Waals surface area contributed by atoms with Crippen molar-refractivity contribution in [1.29, 1.82) is 0 Å². The van der Waals surface area contributed by atoms with Crippen LogP contribution in [0, 0.1) is 0 Å². The highest BCUT2D eigenvalue weighted by Gasteiger charge is 2.06. The molecule has 0 N–H and O–H groups in total. The second kappa shape index (κ2) is 6.69. The fraction of sp³-hybridized carbons (Fsp3) is 0.250. The Morgan fingerprint density at radius 3 is 2.63 bits per heavy atom. The summed E-state index contributed by atoms with van der Waals surface area (Å²) in [6.07, 6.45) is 5.45. The number of aromatic nitrogens is 1. The fourth-order valence-electron chi connectivity index (χ4n) is 1.89. The number of carbonyl (C=O) groups is 1. The molecule has 0 spiro atoms. The van der Waals surface area contributed by atoms with Crippen molar-refractivity contribution in [3.05, 3.63) is 59.9 Å². The number of rotatable bonds is 6. The van der Waals surface area contributed by atoms with E-state index in [1.807, 2.05) is 30.3 Å². The molecule has 0 saturated heterocycles. The number of ether oxygens (including phenoxy) is 1. The van der Waals surface area contributed by atoms with E-state index < -0.39 is 0 Å². The lowest BCUT2D eigenvalue weighted by molar-refractivity contribution is 0.101. The molecule has 0 radical (unpaired) electrons. The third kappa shape index (κ3) is 3.91. The minimum absolute atomic E-state index is 0.0322. The van der Waals surface area contributed by atoms with Crippen LogP contribution in [0.2, 0.25) is 0 Å². The van der Waals surface area contributed by atoms with Crippen molar-refractivity contribution in [2.75, 3.05) is 6.61 Å². The predicted molar refractivity (Wildman–Crippen MR) is 74.5 cm³/mol. The molecule has 2 rings (SSSR count). The van der Waals surface area contributed by atoms with Crippen LogP contribution in [0.5, 0.6) is 5.75 Å². The van der Waals surface area contributed by atoms with E-state index in [0.717, 1.165) is 12.8 Å². The first-order valence-electron chi connectivity index (χ1n) is 6.39. The Bertz CT molecular complexity index is 537. The highest BCUT2D eigenvalue weighted by atomic mass is 16.5. The largest absolute Gasteiger partial charge is 0.493 e. The predicted octanol–water partition coefficient (Wildman–Crippen LogP) is 3.30. The number of ketones is 1. The zero-order chi connectivity index (χ0) is 13.5. The van der Waals surface area contributed by atoms with Crippen molar-refractivity contribution >= 4 is 5.78 Å². The first kappa shape index (κ1) is 13.3. The van der Waals surface area contributed by atoms with E-state index in [4.69, 9.17) is 4.74 Å². The summed E-state index contributed by atoms with van der Waals surface area (Å²) in [4.78, 5) is 15.4. The molecule has 0 bridgehead atoms. The van der Waals surface area contributed by atoms with Gasteiger partial charge in [0.2, 0.25) is 0 Å². The summed E-state index contributed by atoms with van der Waals surface area (Å²) >= 11 is 0. The summed E-state index contributed by atoms with van der Waals surface area (Å²) < 4.78 is 5.68. The molecular formula is C16H17NO2. The molecule has 3 heteroatoms. The van der Waals surface area contributed by atoms with E-state index in [-0.39, 0.29) is 5.78 Å². The van der Waals surface area contributed by atoms with Gasteiger partial charge in [0.15, 0.2) is 5.78 Å². The monoisotopic (exact) mass is 255 g/mol. The Morgan fingerprint density at radius 2 is 1.89 bits per heavy atom. The maximum Gasteiger partial charge on any atom is 0.163 e. The number of pyridine rings is 1. The van der Waals surface area contributed by atoms with Crippen molar-refractivity contribution in [1.82, 2.24) is 4.98 Å². The van der Waals surface area contributed by atoms with Crippen molar-refractivity contribution in [3.63, 3.8) is 0 Å². The van der Waals surface area contributed by atoms with Crippen LogP contribution in [-0.4, -0.2) is 17.4 Å². The molecule has 3 nitrogen and oxygen atoms in total. The number of hydrogen-bond acceptors (Lipinski definition) is 3. The molecule has 98 valence electrons. The van der Waals surface area contributed by atoms with Gasteiger partial charge in [0.25, 0.3) is 0 Å². The fourth-order valence-corrected chi connectivity index (χ4v) is 1.89. The number of carbonyl (C=O) groups excluding carboxylic acids is 1. The Balaban J connectivity index is 1.85. The van der Waals surface area contributed by atoms with Gasteiger partial charge in [0.05, 0.1) is 12.2 Å². The summed E-state index contributed by atoms with van der Waals surface area (Å²) in [7, 11) is 0. The molecule has 1 aromatic heterocycles. The third-order valence-electron chi connectivity index (χ3n) is 2.88. The molecule has 19 heavy (non-hydrogen) atoms. The highest BCUT2D eigenvalue weighted by Crippen LogP contribution is 2.18. The second-order valence-corrected chi connectivity index (χ2v) is 4.36. The second-order valence-electron chi connectivity index (χ2n) is 4.36. The minimum atomic E-state index is 0.0322. The Labute approximate surface area is 113 Å². The lowest BCUT2D eigenvalue weighted by Gasteiger charge is -2.09. The van der Waals surface area contributed by atoms with E-state index in [2.05, 4.69) is 4.98 Å². The lowest BCUT2D eigenvalue weighted by Crippen LogP contribution is -2.03. The highest BCUT2D eigenvalue weighted by molar-refractivity contribution is 5.96. The average molecular weight is 255 g/mol. The van der Waals surface area contributed by atoms with Crippen LogP contribution in [-0.2, 0) is 6.42 Å². The Morgan fingerprint density at radius 1 is 1.16 bits per heavy atom. The van der Waals surface area contributed by atoms with Gasteiger partial charge in [-0.2, -0.15) is 0 Å². The SMILES string of the molecule is CC(=O)c1ccccc1OCCCc1ccncc1. The molecule has 0 aliphatic rings. The number of benzene rings is 1. The smallest absolute Gasteiger partial charge is 0.163 e. The van der Waals surface area contributed by atoms with Crippen LogP contribution in [0.15, 0.2) is 48.8 Å². The molecule has 1 heterocycles. The van der Waals surface area contributed by atoms with Gasteiger partial charge < -0.3 is 4.74 Å². The number of aryl methyl sites for hydroxylation is 1. The molecule has 0 aliphatic carbocycles. The molecule has 0 amide bonds. The summed E-state index contributed by atoms with van der Waals surface area (Å²) in [6, 6.07) is 11.4. The number of Topliss-reactive ketones (excluding diaryl/α,β-unsaturated/α-hetero) is 1. The zero-order valence-corrected chi connectivity index (χ0v) is 11.0. The summed E-state index contributed by atoms with van der Waals surface area (Å²) in [5.74, 6) is 0.703. The molecule has 0 unspecified atom stereocenters. The van der Waals surface area contributed by atoms with Crippen LogP contribution in [0.25, 0.3) is 0 Å². The van der Waals surface area contributed by atoms with Gasteiger partial charge >= 0.3 is 0 Å². The molecule has 1 aromatic carbocycles. The molecular weight excluding hydrogens is 238 g/mol. The van der Waals surface area contributed by atoms with Crippen LogP contribution in [0.1, 0.15) is 29.3 Å². The molecule has 0 saturated carbocycles. The van der Waals surface area contributed by atoms with Crippen LogP contribution in [0.4, 0.5) is 0 Å². The maximum atomic E-state index is 11.4. The quantitative estimate of drug-likeness (QED) is 0.587. The maximum absolute atomic E-state index is 11.4. The normalized spacial score (nSPS) is 10.2. The van der Waals surface area contributed by atoms with Gasteiger partial charge in [0, 0.05) is 12.4 Å². The van der Waals surface area contributed by atoms with E-state index in [9.17, 15) is 4.79 Å². The minimum Gasteiger partial charge on any atom is -0.493 e. The molecule has 2 aromatic rings. The van der Waals surface area contributed by atoms with Gasteiger partial charge in [-0.3, -0.25) is 9.78 Å². The van der Waals surface area contributed by atoms with Gasteiger partial charge in [-0.25, -0.2) is 0 Å². The van der Waals surface area contributed by atoms with Crippen molar-refractivity contribution in [2.24, 2.45) is 0 Å². The Kier molecular flexibility index (Phi) is 4.67. The van der Waals surface area contributed by atoms with E-state index in [1.54, 1.807) is 25.4 Å². The molecule has 0 atom stereocenters. The molecule has 0 fully saturated rings. The van der Waals surface area contributed by atoms with Crippen molar-refractivity contribution in [2.45, 2.75) is 19.8 Å². The van der Waals surface area contributed by atoms with Crippen molar-refractivity contribution < 1.29 is 9.53 Å². The Hall–Kier alpha value is -2.16. The van der Waals surface area contributed by atoms with Crippen LogP contribution < -0.4 is 4.74 Å². The van der Waals surface area contributed by atoms with Crippen LogP contribution >= 0.6 is 0 Å². The third-order valence-corrected chi connectivity index (χ3v) is 2.88. The first-order valence-corrected chi connectivity index (χ1v) is 6.39. The van der Waals surface area contributed by atoms with E-state index in [1.165, 1.54) is 5.56 Å². The summed E-state index contributed by atoms with van der Waals surface area (Å²) in [5, 5.41) is 0. The molecule has 0 aliphatic heterocycles. The van der Waals surface area contributed by atoms with E-state index in [0.29, 0.717) is 17.9 Å². The first-order chi connectivity index (χ1) is 9.27. The van der Waals surface area contributed by atoms with Crippen LogP contribution in [0.3, 0.4) is 0 Å². The number of nitrogens with zero attached hydrogens (tertiary/aromatic N) is 1. The zero-order valence-electron chi connectivity index (χ0n) is 11.0. The lowest BCUT2D eigenvalue weighted by atomic mass is 10.1. The van der Waals surface area contributed by atoms with Gasteiger partial charge in [0.1, 0.15) is 5.75 Å².